The fourth-order valence-corrected chi connectivity index (χ4v) is 2.52. The van der Waals surface area contributed by atoms with E-state index in [-0.39, 0.29) is 24.8 Å². The van der Waals surface area contributed by atoms with E-state index in [9.17, 15) is 14.4 Å². The summed E-state index contributed by atoms with van der Waals surface area (Å²) in [7, 11) is 1.54. The molecule has 1 saturated heterocycles. The number of Topliss-reactive ketones (excluding diaryl/α,β-unsaturated/α-hetero) is 1. The molecule has 6 nitrogen and oxygen atoms in total. The van der Waals surface area contributed by atoms with E-state index in [2.05, 4.69) is 0 Å². The molecule has 1 aliphatic rings. The van der Waals surface area contributed by atoms with Crippen LogP contribution in [0.4, 0.5) is 10.5 Å². The van der Waals surface area contributed by atoms with Gasteiger partial charge < -0.3 is 4.74 Å². The standard InChI is InChI=1S/C18H16N2O4/c1-24-15-9-7-13(8-10-15)16(21)11-20-17(22)12-19(18(20)23)14-5-3-2-4-6-14/h2-10H,11-12H2,1H3. The Balaban J connectivity index is 1.73. The van der Waals surface area contributed by atoms with Crippen molar-refractivity contribution in [2.24, 2.45) is 0 Å². The van der Waals surface area contributed by atoms with E-state index in [1.165, 1.54) is 12.0 Å². The van der Waals surface area contributed by atoms with Crippen LogP contribution in [0.1, 0.15) is 10.4 Å². The molecule has 0 radical (unpaired) electrons. The van der Waals surface area contributed by atoms with Crippen LogP contribution < -0.4 is 9.64 Å². The highest BCUT2D eigenvalue weighted by molar-refractivity contribution is 6.15. The first kappa shape index (κ1) is 15.7. The van der Waals surface area contributed by atoms with Crippen molar-refractivity contribution < 1.29 is 19.1 Å². The molecule has 0 spiro atoms. The number of para-hydroxylation sites is 1. The van der Waals surface area contributed by atoms with Gasteiger partial charge in [-0.05, 0) is 36.4 Å². The highest BCUT2D eigenvalue weighted by Crippen LogP contribution is 2.21. The predicted octanol–water partition coefficient (Wildman–Crippen LogP) is 2.35. The topological polar surface area (TPSA) is 66.9 Å². The molecular formula is C18H16N2O4. The second-order valence-electron chi connectivity index (χ2n) is 5.34. The summed E-state index contributed by atoms with van der Waals surface area (Å²) in [5.74, 6) is -0.0462. The zero-order valence-electron chi connectivity index (χ0n) is 13.1. The van der Waals surface area contributed by atoms with Crippen molar-refractivity contribution in [1.29, 1.82) is 0 Å². The van der Waals surface area contributed by atoms with Crippen LogP contribution in [0.3, 0.4) is 0 Å². The van der Waals surface area contributed by atoms with Gasteiger partial charge in [0.05, 0.1) is 13.7 Å². The molecule has 6 heteroatoms. The van der Waals surface area contributed by atoms with Crippen LogP contribution in [0.15, 0.2) is 54.6 Å². The lowest BCUT2D eigenvalue weighted by Gasteiger charge is -2.16. The molecule has 2 aromatic carbocycles. The summed E-state index contributed by atoms with van der Waals surface area (Å²) < 4.78 is 5.04. The smallest absolute Gasteiger partial charge is 0.332 e. The number of hydrogen-bond acceptors (Lipinski definition) is 4. The maximum absolute atomic E-state index is 12.4. The van der Waals surface area contributed by atoms with Gasteiger partial charge in [0.2, 0.25) is 0 Å². The molecule has 0 aliphatic carbocycles. The summed E-state index contributed by atoms with van der Waals surface area (Å²) in [6.07, 6.45) is 0. The minimum atomic E-state index is -0.479. The van der Waals surface area contributed by atoms with Crippen molar-refractivity contribution >= 4 is 23.4 Å². The Hall–Kier alpha value is -3.15. The Labute approximate surface area is 139 Å². The van der Waals surface area contributed by atoms with Crippen molar-refractivity contribution in [2.45, 2.75) is 0 Å². The Morgan fingerprint density at radius 3 is 2.33 bits per heavy atom. The number of ether oxygens (including phenoxy) is 1. The molecule has 1 fully saturated rings. The van der Waals surface area contributed by atoms with E-state index in [1.807, 2.05) is 6.07 Å². The number of benzene rings is 2. The van der Waals surface area contributed by atoms with Crippen LogP contribution >= 0.6 is 0 Å². The van der Waals surface area contributed by atoms with Gasteiger partial charge in [0, 0.05) is 11.3 Å². The summed E-state index contributed by atoms with van der Waals surface area (Å²) in [5.41, 5.74) is 1.06. The van der Waals surface area contributed by atoms with Crippen LogP contribution in [0, 0.1) is 0 Å². The van der Waals surface area contributed by atoms with Gasteiger partial charge in [0.1, 0.15) is 12.3 Å². The molecule has 0 bridgehead atoms. The molecule has 0 unspecified atom stereocenters. The Bertz CT molecular complexity index is 771. The fraction of sp³-hybridized carbons (Fsp3) is 0.167. The highest BCUT2D eigenvalue weighted by Gasteiger charge is 2.37. The average molecular weight is 324 g/mol. The number of rotatable bonds is 5. The largest absolute Gasteiger partial charge is 0.497 e. The number of hydrogen-bond donors (Lipinski definition) is 0. The van der Waals surface area contributed by atoms with Gasteiger partial charge in [0.15, 0.2) is 5.78 Å². The van der Waals surface area contributed by atoms with Gasteiger partial charge in [-0.15, -0.1) is 0 Å². The summed E-state index contributed by atoms with van der Waals surface area (Å²) in [6, 6.07) is 15.0. The lowest BCUT2D eigenvalue weighted by molar-refractivity contribution is -0.124. The maximum Gasteiger partial charge on any atom is 0.332 e. The maximum atomic E-state index is 12.4. The number of carbonyl (C=O) groups is 3. The number of methoxy groups -OCH3 is 1. The number of ketones is 1. The Kier molecular flexibility index (Phi) is 4.29. The molecule has 0 aromatic heterocycles. The van der Waals surface area contributed by atoms with Gasteiger partial charge in [-0.1, -0.05) is 18.2 Å². The number of imide groups is 1. The average Bonchev–Trinajstić information content (AvgIpc) is 2.90. The number of nitrogens with zero attached hydrogens (tertiary/aromatic N) is 2. The van der Waals surface area contributed by atoms with Crippen molar-refractivity contribution in [3.05, 3.63) is 60.2 Å². The SMILES string of the molecule is COc1ccc(C(=O)CN2C(=O)CN(c3ccccc3)C2=O)cc1. The van der Waals surface area contributed by atoms with Crippen LogP contribution in [-0.4, -0.2) is 42.8 Å². The van der Waals surface area contributed by atoms with Crippen LogP contribution in [-0.2, 0) is 4.79 Å². The van der Waals surface area contributed by atoms with E-state index < -0.39 is 6.03 Å². The predicted molar refractivity (Wildman–Crippen MR) is 88.2 cm³/mol. The zero-order chi connectivity index (χ0) is 17.1. The number of urea groups is 1. The van der Waals surface area contributed by atoms with Crippen molar-refractivity contribution in [3.8, 4) is 5.75 Å². The Morgan fingerprint density at radius 2 is 1.71 bits per heavy atom. The minimum Gasteiger partial charge on any atom is -0.497 e. The lowest BCUT2D eigenvalue weighted by Crippen LogP contribution is -2.37. The number of anilines is 1. The Morgan fingerprint density at radius 1 is 1.04 bits per heavy atom. The van der Waals surface area contributed by atoms with Gasteiger partial charge in [-0.25, -0.2) is 4.79 Å². The van der Waals surface area contributed by atoms with Crippen molar-refractivity contribution in [3.63, 3.8) is 0 Å². The van der Waals surface area contributed by atoms with Crippen LogP contribution in [0.5, 0.6) is 5.75 Å². The molecule has 3 amide bonds. The van der Waals surface area contributed by atoms with Gasteiger partial charge in [-0.2, -0.15) is 0 Å². The monoisotopic (exact) mass is 324 g/mol. The second-order valence-corrected chi connectivity index (χ2v) is 5.34. The lowest BCUT2D eigenvalue weighted by atomic mass is 10.1. The van der Waals surface area contributed by atoms with Gasteiger partial charge in [0.25, 0.3) is 5.91 Å². The van der Waals surface area contributed by atoms with E-state index in [0.717, 1.165) is 4.90 Å². The number of carbonyl (C=O) groups excluding carboxylic acids is 3. The number of amides is 3. The normalized spacial score (nSPS) is 14.2. The van der Waals surface area contributed by atoms with Gasteiger partial charge in [-0.3, -0.25) is 19.4 Å². The molecule has 3 rings (SSSR count). The second kappa shape index (κ2) is 6.54. The van der Waals surface area contributed by atoms with Gasteiger partial charge >= 0.3 is 6.03 Å². The zero-order valence-corrected chi connectivity index (χ0v) is 13.1. The van der Waals surface area contributed by atoms with E-state index in [1.54, 1.807) is 48.5 Å². The summed E-state index contributed by atoms with van der Waals surface area (Å²) in [4.78, 5) is 39.2. The van der Waals surface area contributed by atoms with Crippen LogP contribution in [0.2, 0.25) is 0 Å². The first-order valence-electron chi connectivity index (χ1n) is 7.44. The molecule has 0 atom stereocenters. The molecule has 0 N–H and O–H groups in total. The first-order valence-corrected chi connectivity index (χ1v) is 7.44. The molecule has 24 heavy (non-hydrogen) atoms. The summed E-state index contributed by atoms with van der Waals surface area (Å²) in [6.45, 7) is -0.327. The summed E-state index contributed by atoms with van der Waals surface area (Å²) >= 11 is 0. The summed E-state index contributed by atoms with van der Waals surface area (Å²) in [5, 5.41) is 0. The third-order valence-corrected chi connectivity index (χ3v) is 3.84. The highest BCUT2D eigenvalue weighted by atomic mass is 16.5. The van der Waals surface area contributed by atoms with Crippen LogP contribution in [0.25, 0.3) is 0 Å². The molecule has 122 valence electrons. The third kappa shape index (κ3) is 2.99. The molecule has 0 saturated carbocycles. The van der Waals surface area contributed by atoms with Crippen molar-refractivity contribution in [1.82, 2.24) is 4.90 Å². The van der Waals surface area contributed by atoms with Crippen molar-refractivity contribution in [2.75, 3.05) is 25.1 Å². The van der Waals surface area contributed by atoms with E-state index >= 15 is 0 Å². The molecule has 2 aromatic rings. The van der Waals surface area contributed by atoms with E-state index in [0.29, 0.717) is 17.0 Å². The molecule has 1 aliphatic heterocycles. The third-order valence-electron chi connectivity index (χ3n) is 3.84. The molecular weight excluding hydrogens is 308 g/mol. The fourth-order valence-electron chi connectivity index (χ4n) is 2.52. The quantitative estimate of drug-likeness (QED) is 0.625. The van der Waals surface area contributed by atoms with E-state index in [4.69, 9.17) is 4.74 Å². The first-order chi connectivity index (χ1) is 11.6. The molecule has 1 heterocycles. The minimum absolute atomic E-state index is 0.0568.